The van der Waals surface area contributed by atoms with E-state index in [1.165, 1.54) is 43.1 Å². The predicted octanol–water partition coefficient (Wildman–Crippen LogP) is 7.37. The topological polar surface area (TPSA) is 0 Å². The zero-order valence-electron chi connectivity index (χ0n) is 14.5. The third kappa shape index (κ3) is 3.29. The quantitative estimate of drug-likeness (QED) is 0.365. The molecule has 25 heavy (non-hydrogen) atoms. The van der Waals surface area contributed by atoms with Crippen molar-refractivity contribution in [3.63, 3.8) is 0 Å². The van der Waals surface area contributed by atoms with Crippen molar-refractivity contribution in [1.82, 2.24) is 0 Å². The van der Waals surface area contributed by atoms with Gasteiger partial charge in [0, 0.05) is 15.3 Å². The van der Waals surface area contributed by atoms with E-state index < -0.39 is 0 Å². The van der Waals surface area contributed by atoms with Gasteiger partial charge in [-0.15, -0.1) is 11.3 Å². The molecule has 0 aliphatic rings. The van der Waals surface area contributed by atoms with Crippen molar-refractivity contribution in [1.29, 1.82) is 0 Å². The summed E-state index contributed by atoms with van der Waals surface area (Å²) in [6, 6.07) is 30.6. The van der Waals surface area contributed by atoms with Gasteiger partial charge in [-0.2, -0.15) is 0 Å². The Kier molecular flexibility index (Phi) is 4.25. The van der Waals surface area contributed by atoms with E-state index in [0.717, 1.165) is 0 Å². The summed E-state index contributed by atoms with van der Waals surface area (Å²) in [6.45, 7) is 4.27. The first-order chi connectivity index (χ1) is 12.2. The second kappa shape index (κ2) is 6.70. The normalized spacial score (nSPS) is 10.8. The first-order valence-electron chi connectivity index (χ1n) is 8.54. The highest BCUT2D eigenvalue weighted by molar-refractivity contribution is 7.19. The summed E-state index contributed by atoms with van der Waals surface area (Å²) in [5, 5.41) is 0. The van der Waals surface area contributed by atoms with Crippen LogP contribution in [0.4, 0.5) is 0 Å². The molecule has 1 heterocycles. The van der Waals surface area contributed by atoms with E-state index in [2.05, 4.69) is 98.8 Å². The molecule has 0 N–H and O–H groups in total. The summed E-state index contributed by atoms with van der Waals surface area (Å²) in [5.74, 6) is 0. The number of hydrogen-bond acceptors (Lipinski definition) is 1. The summed E-state index contributed by atoms with van der Waals surface area (Å²) in [4.78, 5) is 2.65. The van der Waals surface area contributed by atoms with Gasteiger partial charge < -0.3 is 0 Å². The van der Waals surface area contributed by atoms with E-state index in [0.29, 0.717) is 0 Å². The fraction of sp³-hybridized carbons (Fsp3) is 0.0833. The largest absolute Gasteiger partial charge is 0.135 e. The Bertz CT molecular complexity index is 912. The van der Waals surface area contributed by atoms with Gasteiger partial charge in [-0.05, 0) is 36.6 Å². The maximum absolute atomic E-state index is 2.33. The monoisotopic (exact) mass is 340 g/mol. The molecule has 122 valence electrons. The van der Waals surface area contributed by atoms with Crippen LogP contribution in [0.5, 0.6) is 0 Å². The van der Waals surface area contributed by atoms with Gasteiger partial charge in [0.25, 0.3) is 0 Å². The fourth-order valence-electron chi connectivity index (χ4n) is 3.00. The van der Waals surface area contributed by atoms with Crippen molar-refractivity contribution in [2.45, 2.75) is 13.8 Å². The fourth-order valence-corrected chi connectivity index (χ4v) is 4.19. The van der Waals surface area contributed by atoms with Gasteiger partial charge in [-0.1, -0.05) is 90.0 Å². The molecule has 0 unspecified atom stereocenters. The zero-order chi connectivity index (χ0) is 17.2. The molecule has 3 aromatic carbocycles. The standard InChI is InChI=1S/C24H20S/c1-17-8-12-19(13-9-17)22-16-23(20-6-4-3-5-7-20)25-24(22)21-14-10-18(2)11-15-21/h3-16H,1-2H3. The summed E-state index contributed by atoms with van der Waals surface area (Å²) in [6.07, 6.45) is 0. The van der Waals surface area contributed by atoms with E-state index in [1.54, 1.807) is 0 Å². The molecule has 0 saturated heterocycles. The molecule has 0 fully saturated rings. The molecular weight excluding hydrogens is 320 g/mol. The van der Waals surface area contributed by atoms with Crippen LogP contribution in [-0.2, 0) is 0 Å². The molecule has 4 rings (SSSR count). The lowest BCUT2D eigenvalue weighted by molar-refractivity contribution is 1.47. The van der Waals surface area contributed by atoms with Gasteiger partial charge in [-0.25, -0.2) is 0 Å². The molecule has 4 aromatic rings. The van der Waals surface area contributed by atoms with Crippen LogP contribution in [0.15, 0.2) is 84.9 Å². The second-order valence-corrected chi connectivity index (χ2v) is 7.50. The van der Waals surface area contributed by atoms with Crippen LogP contribution in [0.25, 0.3) is 32.0 Å². The van der Waals surface area contributed by atoms with Crippen LogP contribution in [-0.4, -0.2) is 0 Å². The molecule has 0 aliphatic carbocycles. The lowest BCUT2D eigenvalue weighted by atomic mass is 10.00. The lowest BCUT2D eigenvalue weighted by Gasteiger charge is -2.05. The van der Waals surface area contributed by atoms with E-state index in [4.69, 9.17) is 0 Å². The number of rotatable bonds is 3. The van der Waals surface area contributed by atoms with Gasteiger partial charge in [-0.3, -0.25) is 0 Å². The summed E-state index contributed by atoms with van der Waals surface area (Å²) < 4.78 is 0. The van der Waals surface area contributed by atoms with Crippen LogP contribution in [0, 0.1) is 13.8 Å². The minimum absolute atomic E-state index is 1.28. The van der Waals surface area contributed by atoms with Crippen molar-refractivity contribution in [2.75, 3.05) is 0 Å². The van der Waals surface area contributed by atoms with E-state index in [1.807, 2.05) is 11.3 Å². The number of benzene rings is 3. The first-order valence-corrected chi connectivity index (χ1v) is 9.36. The van der Waals surface area contributed by atoms with Crippen LogP contribution < -0.4 is 0 Å². The molecular formula is C24H20S. The van der Waals surface area contributed by atoms with E-state index in [-0.39, 0.29) is 0 Å². The lowest BCUT2D eigenvalue weighted by Crippen LogP contribution is -1.80. The maximum Gasteiger partial charge on any atom is 0.0427 e. The van der Waals surface area contributed by atoms with Crippen LogP contribution in [0.2, 0.25) is 0 Å². The molecule has 0 nitrogen and oxygen atoms in total. The molecule has 0 aliphatic heterocycles. The Morgan fingerprint density at radius 3 is 1.72 bits per heavy atom. The van der Waals surface area contributed by atoms with Crippen molar-refractivity contribution in [3.05, 3.63) is 96.1 Å². The summed E-state index contributed by atoms with van der Waals surface area (Å²) in [5.41, 5.74) is 7.74. The smallest absolute Gasteiger partial charge is 0.0427 e. The van der Waals surface area contributed by atoms with Crippen LogP contribution in [0.1, 0.15) is 11.1 Å². The van der Waals surface area contributed by atoms with Gasteiger partial charge in [0.05, 0.1) is 0 Å². The molecule has 0 atom stereocenters. The molecule has 0 bridgehead atoms. The molecule has 0 spiro atoms. The highest BCUT2D eigenvalue weighted by Crippen LogP contribution is 2.43. The Balaban J connectivity index is 1.89. The average molecular weight is 340 g/mol. The van der Waals surface area contributed by atoms with Gasteiger partial charge in [0.1, 0.15) is 0 Å². The first kappa shape index (κ1) is 15.9. The van der Waals surface area contributed by atoms with E-state index >= 15 is 0 Å². The van der Waals surface area contributed by atoms with Gasteiger partial charge >= 0.3 is 0 Å². The average Bonchev–Trinajstić information content (AvgIpc) is 3.09. The maximum atomic E-state index is 2.33. The van der Waals surface area contributed by atoms with Crippen molar-refractivity contribution in [2.24, 2.45) is 0 Å². The van der Waals surface area contributed by atoms with E-state index in [9.17, 15) is 0 Å². The number of hydrogen-bond donors (Lipinski definition) is 0. The number of aryl methyl sites for hydroxylation is 2. The molecule has 0 radical (unpaired) electrons. The van der Waals surface area contributed by atoms with Crippen LogP contribution in [0.3, 0.4) is 0 Å². The van der Waals surface area contributed by atoms with Crippen molar-refractivity contribution >= 4 is 11.3 Å². The molecule has 0 amide bonds. The Labute approximate surface area is 153 Å². The third-order valence-corrected chi connectivity index (χ3v) is 5.70. The Morgan fingerprint density at radius 2 is 1.12 bits per heavy atom. The predicted molar refractivity (Wildman–Crippen MR) is 110 cm³/mol. The van der Waals surface area contributed by atoms with Gasteiger partial charge in [0.15, 0.2) is 0 Å². The Hall–Kier alpha value is -2.64. The molecule has 0 saturated carbocycles. The molecule has 1 aromatic heterocycles. The van der Waals surface area contributed by atoms with Crippen molar-refractivity contribution < 1.29 is 0 Å². The van der Waals surface area contributed by atoms with Crippen molar-refractivity contribution in [3.8, 4) is 32.0 Å². The minimum Gasteiger partial charge on any atom is -0.135 e. The Morgan fingerprint density at radius 1 is 0.560 bits per heavy atom. The molecule has 1 heteroatoms. The third-order valence-electron chi connectivity index (χ3n) is 4.47. The highest BCUT2D eigenvalue weighted by Gasteiger charge is 2.14. The van der Waals surface area contributed by atoms with Gasteiger partial charge in [0.2, 0.25) is 0 Å². The second-order valence-electron chi connectivity index (χ2n) is 6.45. The summed E-state index contributed by atoms with van der Waals surface area (Å²) >= 11 is 1.87. The zero-order valence-corrected chi connectivity index (χ0v) is 15.3. The highest BCUT2D eigenvalue weighted by atomic mass is 32.1. The SMILES string of the molecule is Cc1ccc(-c2cc(-c3ccccc3)sc2-c2ccc(C)cc2)cc1. The minimum atomic E-state index is 1.28. The summed E-state index contributed by atoms with van der Waals surface area (Å²) in [7, 11) is 0. The van der Waals surface area contributed by atoms with Crippen LogP contribution >= 0.6 is 11.3 Å². The number of thiophene rings is 1.